The first-order chi connectivity index (χ1) is 9.42. The number of carbonyl (C=O) groups is 1. The van der Waals surface area contributed by atoms with Crippen LogP contribution in [0.4, 0.5) is 5.69 Å². The number of halogens is 1. The molecule has 0 atom stereocenters. The number of nitrogens with zero attached hydrogens (tertiary/aromatic N) is 1. The number of benzene rings is 1. The van der Waals surface area contributed by atoms with Crippen molar-refractivity contribution in [1.29, 1.82) is 0 Å². The lowest BCUT2D eigenvalue weighted by Gasteiger charge is -2.10. The van der Waals surface area contributed by atoms with Crippen molar-refractivity contribution in [3.05, 3.63) is 52.8 Å². The van der Waals surface area contributed by atoms with Crippen LogP contribution in [0.15, 0.2) is 52.1 Å². The van der Waals surface area contributed by atoms with Gasteiger partial charge in [-0.15, -0.1) is 0 Å². The van der Waals surface area contributed by atoms with Gasteiger partial charge in [-0.2, -0.15) is 0 Å². The van der Waals surface area contributed by atoms with Crippen molar-refractivity contribution in [1.82, 2.24) is 4.98 Å². The molecule has 1 aromatic carbocycles. The number of sulfonamides is 1. The van der Waals surface area contributed by atoms with E-state index in [-0.39, 0.29) is 16.1 Å². The highest BCUT2D eigenvalue weighted by Gasteiger charge is 2.20. The predicted molar refractivity (Wildman–Crippen MR) is 76.1 cm³/mol. The topological polar surface area (TPSA) is 96.4 Å². The lowest BCUT2D eigenvalue weighted by atomic mass is 10.2. The standard InChI is InChI=1S/C12H9BrN2O4S/c13-9-3-1-2-4-11(9)20(18,19)15-10-7-14-6-5-8(10)12(16)17/h1-7,15H,(H,16,17). The van der Waals surface area contributed by atoms with Crippen LogP contribution in [-0.2, 0) is 10.0 Å². The van der Waals surface area contributed by atoms with Gasteiger partial charge in [-0.05, 0) is 34.1 Å². The first-order valence-corrected chi connectivity index (χ1v) is 7.64. The third-order valence-electron chi connectivity index (χ3n) is 2.42. The Morgan fingerprint density at radius 1 is 1.25 bits per heavy atom. The van der Waals surface area contributed by atoms with E-state index < -0.39 is 16.0 Å². The monoisotopic (exact) mass is 356 g/mol. The van der Waals surface area contributed by atoms with Gasteiger partial charge in [-0.1, -0.05) is 12.1 Å². The summed E-state index contributed by atoms with van der Waals surface area (Å²) in [6.07, 6.45) is 2.43. The molecule has 0 radical (unpaired) electrons. The first kappa shape index (κ1) is 14.5. The molecule has 2 N–H and O–H groups in total. The van der Waals surface area contributed by atoms with Crippen LogP contribution >= 0.6 is 15.9 Å². The maximum absolute atomic E-state index is 12.2. The van der Waals surface area contributed by atoms with Gasteiger partial charge in [-0.25, -0.2) is 13.2 Å². The van der Waals surface area contributed by atoms with Crippen LogP contribution in [0.3, 0.4) is 0 Å². The lowest BCUT2D eigenvalue weighted by Crippen LogP contribution is -2.16. The number of carboxylic acids is 1. The van der Waals surface area contributed by atoms with Crippen LogP contribution in [0.1, 0.15) is 10.4 Å². The van der Waals surface area contributed by atoms with Crippen molar-refractivity contribution >= 4 is 37.6 Å². The van der Waals surface area contributed by atoms with Gasteiger partial charge >= 0.3 is 5.97 Å². The molecule has 0 aliphatic rings. The van der Waals surface area contributed by atoms with Crippen molar-refractivity contribution in [2.75, 3.05) is 4.72 Å². The summed E-state index contributed by atoms with van der Waals surface area (Å²) < 4.78 is 27.1. The van der Waals surface area contributed by atoms with E-state index in [4.69, 9.17) is 5.11 Å². The molecular formula is C12H9BrN2O4S. The number of rotatable bonds is 4. The molecular weight excluding hydrogens is 348 g/mol. The summed E-state index contributed by atoms with van der Waals surface area (Å²) in [4.78, 5) is 14.8. The second-order valence-corrected chi connectivity index (χ2v) is 6.27. The van der Waals surface area contributed by atoms with Crippen molar-refractivity contribution in [2.45, 2.75) is 4.90 Å². The van der Waals surface area contributed by atoms with Gasteiger partial charge in [0, 0.05) is 10.7 Å². The molecule has 0 saturated carbocycles. The molecule has 0 aliphatic heterocycles. The van der Waals surface area contributed by atoms with Crippen molar-refractivity contribution < 1.29 is 18.3 Å². The Bertz CT molecular complexity index is 762. The molecule has 0 amide bonds. The lowest BCUT2D eigenvalue weighted by molar-refractivity contribution is 0.0698. The normalized spacial score (nSPS) is 11.1. The zero-order chi connectivity index (χ0) is 14.8. The maximum atomic E-state index is 12.2. The SMILES string of the molecule is O=C(O)c1ccncc1NS(=O)(=O)c1ccccc1Br. The predicted octanol–water partition coefficient (Wildman–Crippen LogP) is 2.34. The van der Waals surface area contributed by atoms with Crippen LogP contribution in [0, 0.1) is 0 Å². The molecule has 2 rings (SSSR count). The molecule has 2 aromatic rings. The number of aromatic carboxylic acids is 1. The highest BCUT2D eigenvalue weighted by Crippen LogP contribution is 2.24. The van der Waals surface area contributed by atoms with Gasteiger partial charge in [-0.3, -0.25) is 9.71 Å². The Labute approximate surface area is 123 Å². The van der Waals surface area contributed by atoms with E-state index in [0.717, 1.165) is 6.20 Å². The molecule has 1 aromatic heterocycles. The first-order valence-electron chi connectivity index (χ1n) is 5.36. The Kier molecular flexibility index (Phi) is 4.05. The summed E-state index contributed by atoms with van der Waals surface area (Å²) in [7, 11) is -3.90. The van der Waals surface area contributed by atoms with Crippen LogP contribution in [0.2, 0.25) is 0 Å². The second kappa shape index (κ2) is 5.59. The molecule has 20 heavy (non-hydrogen) atoms. The third kappa shape index (κ3) is 2.97. The van der Waals surface area contributed by atoms with E-state index in [1.807, 2.05) is 0 Å². The molecule has 0 unspecified atom stereocenters. The minimum Gasteiger partial charge on any atom is -0.478 e. The zero-order valence-electron chi connectivity index (χ0n) is 9.95. The molecule has 0 aliphatic carbocycles. The maximum Gasteiger partial charge on any atom is 0.337 e. The highest BCUT2D eigenvalue weighted by molar-refractivity contribution is 9.10. The fraction of sp³-hybridized carbons (Fsp3) is 0. The molecule has 8 heteroatoms. The van der Waals surface area contributed by atoms with Crippen LogP contribution in [-0.4, -0.2) is 24.5 Å². The minimum absolute atomic E-state index is 0.0141. The molecule has 0 spiro atoms. The number of hydrogen-bond acceptors (Lipinski definition) is 4. The molecule has 0 fully saturated rings. The fourth-order valence-corrected chi connectivity index (χ4v) is 3.59. The van der Waals surface area contributed by atoms with E-state index in [0.29, 0.717) is 4.47 Å². The van der Waals surface area contributed by atoms with Crippen molar-refractivity contribution in [2.24, 2.45) is 0 Å². The summed E-state index contributed by atoms with van der Waals surface area (Å²) in [5.74, 6) is -1.24. The summed E-state index contributed by atoms with van der Waals surface area (Å²) in [5.41, 5.74) is -0.258. The van der Waals surface area contributed by atoms with Crippen molar-refractivity contribution in [3.8, 4) is 0 Å². The summed E-state index contributed by atoms with van der Waals surface area (Å²) >= 11 is 3.14. The third-order valence-corrected chi connectivity index (χ3v) is 4.80. The van der Waals surface area contributed by atoms with Gasteiger partial charge < -0.3 is 5.11 Å². The van der Waals surface area contributed by atoms with E-state index in [1.54, 1.807) is 18.2 Å². The fourth-order valence-electron chi connectivity index (χ4n) is 1.52. The smallest absolute Gasteiger partial charge is 0.337 e. The average Bonchev–Trinajstić information content (AvgIpc) is 2.39. The van der Waals surface area contributed by atoms with E-state index >= 15 is 0 Å². The average molecular weight is 357 g/mol. The number of anilines is 1. The molecule has 104 valence electrons. The van der Waals surface area contributed by atoms with Crippen LogP contribution in [0.5, 0.6) is 0 Å². The molecule has 1 heterocycles. The Hall–Kier alpha value is -1.93. The van der Waals surface area contributed by atoms with Gasteiger partial charge in [0.2, 0.25) is 0 Å². The highest BCUT2D eigenvalue weighted by atomic mass is 79.9. The number of hydrogen-bond donors (Lipinski definition) is 2. The zero-order valence-corrected chi connectivity index (χ0v) is 12.3. The quantitative estimate of drug-likeness (QED) is 0.876. The molecule has 6 nitrogen and oxygen atoms in total. The van der Waals surface area contributed by atoms with Gasteiger partial charge in [0.15, 0.2) is 0 Å². The largest absolute Gasteiger partial charge is 0.478 e. The number of nitrogens with one attached hydrogen (secondary N) is 1. The van der Waals surface area contributed by atoms with Gasteiger partial charge in [0.25, 0.3) is 10.0 Å². The van der Waals surface area contributed by atoms with Gasteiger partial charge in [0.05, 0.1) is 17.4 Å². The van der Waals surface area contributed by atoms with E-state index in [2.05, 4.69) is 25.6 Å². The number of aromatic nitrogens is 1. The summed E-state index contributed by atoms with van der Waals surface area (Å²) in [5, 5.41) is 9.02. The Balaban J connectivity index is 2.45. The molecule has 0 bridgehead atoms. The van der Waals surface area contributed by atoms with E-state index in [1.165, 1.54) is 18.3 Å². The Morgan fingerprint density at radius 2 is 1.95 bits per heavy atom. The number of pyridine rings is 1. The van der Waals surface area contributed by atoms with Crippen LogP contribution in [0.25, 0.3) is 0 Å². The van der Waals surface area contributed by atoms with Gasteiger partial charge in [0.1, 0.15) is 4.90 Å². The van der Waals surface area contributed by atoms with E-state index in [9.17, 15) is 13.2 Å². The summed E-state index contributed by atoms with van der Waals surface area (Å²) in [6.45, 7) is 0. The van der Waals surface area contributed by atoms with Crippen molar-refractivity contribution in [3.63, 3.8) is 0 Å². The number of carboxylic acid groups (broad SMARTS) is 1. The summed E-state index contributed by atoms with van der Waals surface area (Å²) in [6, 6.07) is 7.45. The van der Waals surface area contributed by atoms with Crippen LogP contribution < -0.4 is 4.72 Å². The minimum atomic E-state index is -3.90. The second-order valence-electron chi connectivity index (χ2n) is 3.76. The Morgan fingerprint density at radius 3 is 2.60 bits per heavy atom. The molecule has 0 saturated heterocycles.